The molecule has 0 N–H and O–H groups in total. The molecule has 2 aliphatic carbocycles. The van der Waals surface area contributed by atoms with Gasteiger partial charge in [0.05, 0.1) is 12.5 Å². The maximum absolute atomic E-state index is 12.6. The summed E-state index contributed by atoms with van der Waals surface area (Å²) in [5, 5.41) is 0. The highest BCUT2D eigenvalue weighted by atomic mass is 16.6. The first kappa shape index (κ1) is 21.7. The lowest BCUT2D eigenvalue weighted by atomic mass is 9.45. The molecule has 1 saturated heterocycles. The standard InChI is InChI=1S/C24H30O7/c1-14-20(31-16(3)26)11-24-13-29-22(27)18(24)5-6-19(30-15(2)25)21(24)23(14,4)9-7-17-8-10-28-12-17/h5,8,10,12,14,19-21H,6-7,9,11,13H2,1-4H3/t14-,19-,20+,21+,23-,24-/m0/s1. The van der Waals surface area contributed by atoms with Gasteiger partial charge in [-0.15, -0.1) is 0 Å². The fourth-order valence-corrected chi connectivity index (χ4v) is 6.34. The van der Waals surface area contributed by atoms with Crippen LogP contribution in [0.2, 0.25) is 0 Å². The van der Waals surface area contributed by atoms with Crippen LogP contribution in [0.25, 0.3) is 0 Å². The summed E-state index contributed by atoms with van der Waals surface area (Å²) in [5.41, 5.74) is 0.683. The van der Waals surface area contributed by atoms with Gasteiger partial charge < -0.3 is 18.6 Å². The van der Waals surface area contributed by atoms with E-state index in [1.807, 2.05) is 12.1 Å². The SMILES string of the molecule is CC(=O)O[C@H]1CC=C2C(=O)OC[C@@]23C[C@@H](OC(C)=O)[C@H](C)[C@](C)(CCc2ccoc2)[C@@H]13. The van der Waals surface area contributed by atoms with E-state index in [0.717, 1.165) is 18.4 Å². The molecule has 4 rings (SSSR count). The van der Waals surface area contributed by atoms with Crippen LogP contribution in [0.3, 0.4) is 0 Å². The van der Waals surface area contributed by atoms with Gasteiger partial charge in [-0.05, 0) is 42.2 Å². The van der Waals surface area contributed by atoms with E-state index in [1.54, 1.807) is 12.5 Å². The Morgan fingerprint density at radius 1 is 1.19 bits per heavy atom. The van der Waals surface area contributed by atoms with Crippen molar-refractivity contribution in [3.05, 3.63) is 35.8 Å². The van der Waals surface area contributed by atoms with Crippen molar-refractivity contribution in [2.24, 2.45) is 22.7 Å². The Kier molecular flexibility index (Phi) is 5.48. The van der Waals surface area contributed by atoms with Crippen molar-refractivity contribution >= 4 is 17.9 Å². The van der Waals surface area contributed by atoms with E-state index in [0.29, 0.717) is 18.4 Å². The minimum absolute atomic E-state index is 0.00737. The Balaban J connectivity index is 1.80. The smallest absolute Gasteiger partial charge is 0.334 e. The summed E-state index contributed by atoms with van der Waals surface area (Å²) in [6, 6.07) is 1.94. The molecule has 1 aromatic heterocycles. The molecular formula is C24H30O7. The third-order valence-electron chi connectivity index (χ3n) is 7.78. The molecule has 2 fully saturated rings. The zero-order chi connectivity index (χ0) is 22.4. The molecule has 0 radical (unpaired) electrons. The highest BCUT2D eigenvalue weighted by Crippen LogP contribution is 2.64. The highest BCUT2D eigenvalue weighted by Gasteiger charge is 2.67. The molecule has 31 heavy (non-hydrogen) atoms. The Bertz CT molecular complexity index is 901. The van der Waals surface area contributed by atoms with Crippen molar-refractivity contribution in [3.8, 4) is 0 Å². The highest BCUT2D eigenvalue weighted by molar-refractivity contribution is 5.93. The number of esters is 3. The molecule has 1 aromatic rings. The van der Waals surface area contributed by atoms with Crippen LogP contribution < -0.4 is 0 Å². The van der Waals surface area contributed by atoms with Gasteiger partial charge in [-0.3, -0.25) is 9.59 Å². The third-order valence-corrected chi connectivity index (χ3v) is 7.78. The van der Waals surface area contributed by atoms with E-state index in [2.05, 4.69) is 13.8 Å². The Morgan fingerprint density at radius 2 is 1.90 bits per heavy atom. The molecule has 0 amide bonds. The number of furan rings is 1. The number of aryl methyl sites for hydroxylation is 1. The molecule has 168 valence electrons. The van der Waals surface area contributed by atoms with E-state index in [-0.39, 0.29) is 54.0 Å². The largest absolute Gasteiger partial charge is 0.472 e. The summed E-state index contributed by atoms with van der Waals surface area (Å²) in [7, 11) is 0. The van der Waals surface area contributed by atoms with E-state index in [1.165, 1.54) is 13.8 Å². The fraction of sp³-hybridized carbons (Fsp3) is 0.625. The summed E-state index contributed by atoms with van der Waals surface area (Å²) in [5.74, 6) is -1.14. The number of ether oxygens (including phenoxy) is 3. The molecule has 7 heteroatoms. The molecule has 1 aliphatic heterocycles. The van der Waals surface area contributed by atoms with Crippen molar-refractivity contribution in [1.82, 2.24) is 0 Å². The van der Waals surface area contributed by atoms with Crippen LogP contribution in [0.4, 0.5) is 0 Å². The molecule has 7 nitrogen and oxygen atoms in total. The summed E-state index contributed by atoms with van der Waals surface area (Å²) < 4.78 is 22.4. The Hall–Kier alpha value is -2.57. The van der Waals surface area contributed by atoms with Crippen molar-refractivity contribution in [2.45, 2.75) is 65.6 Å². The summed E-state index contributed by atoms with van der Waals surface area (Å²) in [6.07, 6.45) is 6.98. The first-order valence-corrected chi connectivity index (χ1v) is 10.9. The monoisotopic (exact) mass is 430 g/mol. The van der Waals surface area contributed by atoms with Crippen molar-refractivity contribution in [1.29, 1.82) is 0 Å². The number of rotatable bonds is 5. The lowest BCUT2D eigenvalue weighted by Crippen LogP contribution is -2.62. The van der Waals surface area contributed by atoms with Crippen molar-refractivity contribution in [2.75, 3.05) is 6.61 Å². The minimum Gasteiger partial charge on any atom is -0.472 e. The van der Waals surface area contributed by atoms with Crippen molar-refractivity contribution < 1.29 is 33.0 Å². The van der Waals surface area contributed by atoms with E-state index in [4.69, 9.17) is 18.6 Å². The first-order chi connectivity index (χ1) is 14.7. The lowest BCUT2D eigenvalue weighted by molar-refractivity contribution is -0.194. The average molecular weight is 430 g/mol. The minimum atomic E-state index is -0.646. The Labute approximate surface area is 182 Å². The number of carbonyl (C=O) groups excluding carboxylic acids is 3. The van der Waals surface area contributed by atoms with Crippen LogP contribution in [0, 0.1) is 22.7 Å². The topological polar surface area (TPSA) is 92.0 Å². The van der Waals surface area contributed by atoms with Gasteiger partial charge >= 0.3 is 17.9 Å². The molecule has 6 atom stereocenters. The first-order valence-electron chi connectivity index (χ1n) is 10.9. The number of carbonyl (C=O) groups is 3. The van der Waals surface area contributed by atoms with Crippen molar-refractivity contribution in [3.63, 3.8) is 0 Å². The quantitative estimate of drug-likeness (QED) is 0.520. The second-order valence-electron chi connectivity index (χ2n) is 9.49. The van der Waals surface area contributed by atoms with Gasteiger partial charge in [0.1, 0.15) is 18.8 Å². The van der Waals surface area contributed by atoms with Crippen LogP contribution in [-0.4, -0.2) is 36.7 Å². The summed E-state index contributed by atoms with van der Waals surface area (Å²) in [4.78, 5) is 36.5. The van der Waals surface area contributed by atoms with Gasteiger partial charge in [0.15, 0.2) is 0 Å². The van der Waals surface area contributed by atoms with Crippen LogP contribution >= 0.6 is 0 Å². The molecule has 0 aromatic carbocycles. The van der Waals surface area contributed by atoms with E-state index >= 15 is 0 Å². The van der Waals surface area contributed by atoms with Gasteiger partial charge in [-0.1, -0.05) is 19.9 Å². The number of hydrogen-bond donors (Lipinski definition) is 0. The normalized spacial score (nSPS) is 36.6. The molecule has 1 spiro atoms. The van der Waals surface area contributed by atoms with E-state index < -0.39 is 5.41 Å². The van der Waals surface area contributed by atoms with Crippen LogP contribution in [0.1, 0.15) is 52.5 Å². The molecule has 0 unspecified atom stereocenters. The van der Waals surface area contributed by atoms with E-state index in [9.17, 15) is 14.4 Å². The second-order valence-corrected chi connectivity index (χ2v) is 9.49. The second kappa shape index (κ2) is 7.84. The predicted molar refractivity (Wildman–Crippen MR) is 110 cm³/mol. The zero-order valence-corrected chi connectivity index (χ0v) is 18.5. The molecule has 3 aliphatic rings. The zero-order valence-electron chi connectivity index (χ0n) is 18.5. The average Bonchev–Trinajstić information content (AvgIpc) is 3.32. The van der Waals surface area contributed by atoms with Gasteiger partial charge in [-0.25, -0.2) is 4.79 Å². The number of hydrogen-bond acceptors (Lipinski definition) is 7. The predicted octanol–water partition coefficient (Wildman–Crippen LogP) is 3.61. The van der Waals surface area contributed by atoms with Crippen LogP contribution in [-0.2, 0) is 35.0 Å². The molecule has 0 bridgehead atoms. The fourth-order valence-electron chi connectivity index (χ4n) is 6.34. The molecule has 2 heterocycles. The van der Waals surface area contributed by atoms with Gasteiger partial charge in [0.2, 0.25) is 0 Å². The van der Waals surface area contributed by atoms with Crippen LogP contribution in [0.15, 0.2) is 34.7 Å². The van der Waals surface area contributed by atoms with Crippen LogP contribution in [0.5, 0.6) is 0 Å². The molecule has 1 saturated carbocycles. The Morgan fingerprint density at radius 3 is 2.55 bits per heavy atom. The molecular weight excluding hydrogens is 400 g/mol. The number of cyclic esters (lactones) is 1. The lowest BCUT2D eigenvalue weighted by Gasteiger charge is -2.60. The van der Waals surface area contributed by atoms with Gasteiger partial charge in [0, 0.05) is 37.2 Å². The third kappa shape index (κ3) is 3.58. The maximum Gasteiger partial charge on any atom is 0.334 e. The maximum atomic E-state index is 12.6. The van der Waals surface area contributed by atoms with Gasteiger partial charge in [0.25, 0.3) is 0 Å². The summed E-state index contributed by atoms with van der Waals surface area (Å²) in [6.45, 7) is 7.30. The van der Waals surface area contributed by atoms with Gasteiger partial charge in [-0.2, -0.15) is 0 Å². The summed E-state index contributed by atoms with van der Waals surface area (Å²) >= 11 is 0.